The van der Waals surface area contributed by atoms with Gasteiger partial charge in [0.1, 0.15) is 0 Å². The molecule has 0 spiro atoms. The smallest absolute Gasteiger partial charge is 0.310 e. The minimum atomic E-state index is -0.731. The Balaban J connectivity index is 1.99. The number of hydrogen-bond donors (Lipinski definition) is 1. The van der Waals surface area contributed by atoms with Crippen LogP contribution in [0, 0.1) is 0 Å². The van der Waals surface area contributed by atoms with Crippen LogP contribution in [0.15, 0.2) is 54.6 Å². The first-order chi connectivity index (χ1) is 10.6. The van der Waals surface area contributed by atoms with Crippen molar-refractivity contribution >= 4 is 5.97 Å². The number of aryl methyl sites for hydroxylation is 1. The lowest BCUT2D eigenvalue weighted by Crippen LogP contribution is -2.12. The molecular formula is C20H24O2. The van der Waals surface area contributed by atoms with Crippen LogP contribution in [0.2, 0.25) is 0 Å². The van der Waals surface area contributed by atoms with E-state index >= 15 is 0 Å². The zero-order valence-electron chi connectivity index (χ0n) is 13.3. The van der Waals surface area contributed by atoms with Gasteiger partial charge in [0.15, 0.2) is 0 Å². The molecule has 2 aromatic rings. The molecule has 2 heteroatoms. The second-order valence-corrected chi connectivity index (χ2v) is 6.09. The van der Waals surface area contributed by atoms with Gasteiger partial charge in [0.05, 0.1) is 5.92 Å². The van der Waals surface area contributed by atoms with Crippen LogP contribution in [-0.4, -0.2) is 11.1 Å². The lowest BCUT2D eigenvalue weighted by atomic mass is 9.91. The van der Waals surface area contributed by atoms with Crippen LogP contribution in [0.5, 0.6) is 0 Å². The van der Waals surface area contributed by atoms with E-state index in [0.29, 0.717) is 12.3 Å². The number of carbonyl (C=O) groups is 1. The molecule has 2 rings (SSSR count). The molecule has 0 bridgehead atoms. The Kier molecular flexibility index (Phi) is 5.76. The average molecular weight is 296 g/mol. The minimum Gasteiger partial charge on any atom is -0.481 e. The minimum absolute atomic E-state index is 0.412. The average Bonchev–Trinajstić information content (AvgIpc) is 2.52. The van der Waals surface area contributed by atoms with Crippen molar-refractivity contribution in [3.63, 3.8) is 0 Å². The maximum Gasteiger partial charge on any atom is 0.310 e. The number of aliphatic carboxylic acids is 1. The fraction of sp³-hybridized carbons (Fsp3) is 0.350. The molecule has 0 amide bonds. The van der Waals surface area contributed by atoms with Crippen molar-refractivity contribution in [2.75, 3.05) is 0 Å². The molecule has 0 aliphatic rings. The number of rotatable bonds is 7. The predicted octanol–water partition coefficient (Wildman–Crippen LogP) is 5.00. The normalized spacial score (nSPS) is 12.3. The Morgan fingerprint density at radius 1 is 0.955 bits per heavy atom. The highest BCUT2D eigenvalue weighted by molar-refractivity contribution is 5.76. The summed E-state index contributed by atoms with van der Waals surface area (Å²) >= 11 is 0. The van der Waals surface area contributed by atoms with Gasteiger partial charge in [-0.2, -0.15) is 0 Å². The fourth-order valence-electron chi connectivity index (χ4n) is 2.70. The van der Waals surface area contributed by atoms with Gasteiger partial charge in [-0.05, 0) is 41.9 Å². The van der Waals surface area contributed by atoms with Crippen molar-refractivity contribution in [3.8, 4) is 0 Å². The van der Waals surface area contributed by atoms with E-state index in [1.54, 1.807) is 0 Å². The first-order valence-electron chi connectivity index (χ1n) is 7.94. The lowest BCUT2D eigenvalue weighted by Gasteiger charge is -2.14. The van der Waals surface area contributed by atoms with Crippen LogP contribution in [0.3, 0.4) is 0 Å². The summed E-state index contributed by atoms with van der Waals surface area (Å²) in [6.07, 6.45) is 2.48. The SMILES string of the molecule is CC(C)c1ccc(C(CCCc2ccccc2)C(=O)O)cc1. The van der Waals surface area contributed by atoms with E-state index < -0.39 is 11.9 Å². The third-order valence-corrected chi connectivity index (χ3v) is 4.10. The largest absolute Gasteiger partial charge is 0.481 e. The van der Waals surface area contributed by atoms with E-state index in [4.69, 9.17) is 0 Å². The van der Waals surface area contributed by atoms with E-state index in [0.717, 1.165) is 18.4 Å². The highest BCUT2D eigenvalue weighted by Gasteiger charge is 2.19. The van der Waals surface area contributed by atoms with Gasteiger partial charge in [0.2, 0.25) is 0 Å². The molecule has 22 heavy (non-hydrogen) atoms. The monoisotopic (exact) mass is 296 g/mol. The summed E-state index contributed by atoms with van der Waals surface area (Å²) in [4.78, 5) is 11.6. The van der Waals surface area contributed by atoms with E-state index in [-0.39, 0.29) is 0 Å². The molecule has 0 heterocycles. The summed E-state index contributed by atoms with van der Waals surface area (Å²) < 4.78 is 0. The molecule has 0 radical (unpaired) electrons. The van der Waals surface area contributed by atoms with Gasteiger partial charge in [-0.15, -0.1) is 0 Å². The summed E-state index contributed by atoms with van der Waals surface area (Å²) in [6, 6.07) is 18.3. The third kappa shape index (κ3) is 4.45. The van der Waals surface area contributed by atoms with Crippen molar-refractivity contribution in [1.29, 1.82) is 0 Å². The predicted molar refractivity (Wildman–Crippen MR) is 90.3 cm³/mol. The quantitative estimate of drug-likeness (QED) is 0.780. The van der Waals surface area contributed by atoms with Gasteiger partial charge in [0, 0.05) is 0 Å². The molecule has 0 aliphatic heterocycles. The molecule has 2 aromatic carbocycles. The third-order valence-electron chi connectivity index (χ3n) is 4.10. The molecule has 0 fully saturated rings. The van der Waals surface area contributed by atoms with Crippen molar-refractivity contribution < 1.29 is 9.90 Å². The Labute approximate surface area is 132 Å². The summed E-state index contributed by atoms with van der Waals surface area (Å²) in [5.41, 5.74) is 3.42. The molecular weight excluding hydrogens is 272 g/mol. The number of carboxylic acids is 1. The maximum absolute atomic E-state index is 11.6. The van der Waals surface area contributed by atoms with Crippen LogP contribution in [0.25, 0.3) is 0 Å². The molecule has 0 saturated heterocycles. The first-order valence-corrected chi connectivity index (χ1v) is 7.94. The number of carboxylic acid groups (broad SMARTS) is 1. The highest BCUT2D eigenvalue weighted by Crippen LogP contribution is 2.25. The van der Waals surface area contributed by atoms with Gasteiger partial charge in [-0.25, -0.2) is 0 Å². The molecule has 1 atom stereocenters. The molecule has 0 saturated carbocycles. The van der Waals surface area contributed by atoms with Gasteiger partial charge in [-0.1, -0.05) is 68.4 Å². The zero-order chi connectivity index (χ0) is 15.9. The van der Waals surface area contributed by atoms with Crippen molar-refractivity contribution in [2.24, 2.45) is 0 Å². The number of hydrogen-bond acceptors (Lipinski definition) is 1. The Morgan fingerprint density at radius 2 is 1.55 bits per heavy atom. The van der Waals surface area contributed by atoms with E-state index in [1.165, 1.54) is 11.1 Å². The summed E-state index contributed by atoms with van der Waals surface area (Å²) in [7, 11) is 0. The van der Waals surface area contributed by atoms with Crippen LogP contribution in [0.1, 0.15) is 55.2 Å². The second kappa shape index (κ2) is 7.79. The summed E-state index contributed by atoms with van der Waals surface area (Å²) in [5.74, 6) is -0.675. The lowest BCUT2D eigenvalue weighted by molar-refractivity contribution is -0.139. The molecule has 1 unspecified atom stereocenters. The second-order valence-electron chi connectivity index (χ2n) is 6.09. The van der Waals surface area contributed by atoms with Crippen LogP contribution < -0.4 is 0 Å². The van der Waals surface area contributed by atoms with E-state index in [1.807, 2.05) is 42.5 Å². The van der Waals surface area contributed by atoms with Crippen LogP contribution >= 0.6 is 0 Å². The molecule has 0 aromatic heterocycles. The number of benzene rings is 2. The summed E-state index contributed by atoms with van der Waals surface area (Å²) in [6.45, 7) is 4.28. The van der Waals surface area contributed by atoms with Gasteiger partial charge in [-0.3, -0.25) is 4.79 Å². The zero-order valence-corrected chi connectivity index (χ0v) is 13.3. The Hall–Kier alpha value is -2.09. The van der Waals surface area contributed by atoms with Crippen molar-refractivity contribution in [3.05, 3.63) is 71.3 Å². The molecule has 0 aliphatic carbocycles. The fourth-order valence-corrected chi connectivity index (χ4v) is 2.70. The van der Waals surface area contributed by atoms with Gasteiger partial charge >= 0.3 is 5.97 Å². The van der Waals surface area contributed by atoms with Gasteiger partial charge in [0.25, 0.3) is 0 Å². The van der Waals surface area contributed by atoms with E-state index in [9.17, 15) is 9.90 Å². The van der Waals surface area contributed by atoms with Crippen LogP contribution in [0.4, 0.5) is 0 Å². The van der Waals surface area contributed by atoms with Gasteiger partial charge < -0.3 is 5.11 Å². The Bertz CT molecular complexity index is 585. The topological polar surface area (TPSA) is 37.3 Å². The molecule has 2 nitrogen and oxygen atoms in total. The maximum atomic E-state index is 11.6. The Morgan fingerprint density at radius 3 is 2.09 bits per heavy atom. The summed E-state index contributed by atoms with van der Waals surface area (Å²) in [5, 5.41) is 9.50. The standard InChI is InChI=1S/C20H24O2/c1-15(2)17-11-13-18(14-12-17)19(20(21)22)10-6-9-16-7-4-3-5-8-16/h3-5,7-8,11-15,19H,6,9-10H2,1-2H3,(H,21,22). The van der Waals surface area contributed by atoms with Crippen molar-refractivity contribution in [2.45, 2.75) is 44.9 Å². The molecule has 1 N–H and O–H groups in total. The van der Waals surface area contributed by atoms with Crippen LogP contribution in [-0.2, 0) is 11.2 Å². The van der Waals surface area contributed by atoms with Crippen molar-refractivity contribution in [1.82, 2.24) is 0 Å². The van der Waals surface area contributed by atoms with E-state index in [2.05, 4.69) is 26.0 Å². The highest BCUT2D eigenvalue weighted by atomic mass is 16.4. The molecule has 116 valence electrons. The first kappa shape index (κ1) is 16.3.